The Labute approximate surface area is 78.7 Å². The van der Waals surface area contributed by atoms with Crippen LogP contribution in [0.2, 0.25) is 0 Å². The van der Waals surface area contributed by atoms with E-state index in [0.717, 1.165) is 19.5 Å². The Morgan fingerprint density at radius 1 is 1.62 bits per heavy atom. The topological polar surface area (TPSA) is 40.5 Å². The molecular weight excluding hydrogens is 166 g/mol. The fourth-order valence-corrected chi connectivity index (χ4v) is 2.73. The maximum Gasteiger partial charge on any atom is 0.303 e. The molecule has 3 heteroatoms. The highest BCUT2D eigenvalue weighted by Crippen LogP contribution is 2.52. The van der Waals surface area contributed by atoms with E-state index >= 15 is 0 Å². The average Bonchev–Trinajstić information content (AvgIpc) is 2.78. The van der Waals surface area contributed by atoms with Gasteiger partial charge in [0.25, 0.3) is 0 Å². The fourth-order valence-electron chi connectivity index (χ4n) is 2.73. The Hall–Kier alpha value is -0.570. The van der Waals surface area contributed by atoms with Gasteiger partial charge >= 0.3 is 5.97 Å². The molecule has 1 saturated carbocycles. The molecule has 1 aliphatic carbocycles. The Balaban J connectivity index is 2.06. The smallest absolute Gasteiger partial charge is 0.303 e. The van der Waals surface area contributed by atoms with Crippen LogP contribution in [-0.2, 0) is 4.79 Å². The van der Waals surface area contributed by atoms with Gasteiger partial charge in [0, 0.05) is 6.54 Å². The van der Waals surface area contributed by atoms with Crippen LogP contribution in [-0.4, -0.2) is 36.1 Å². The third kappa shape index (κ3) is 1.70. The molecule has 1 saturated heterocycles. The number of rotatable bonds is 3. The molecule has 13 heavy (non-hydrogen) atoms. The summed E-state index contributed by atoms with van der Waals surface area (Å²) in [6.45, 7) is 2.06. The summed E-state index contributed by atoms with van der Waals surface area (Å²) in [5.74, 6) is 0.0794. The van der Waals surface area contributed by atoms with Crippen LogP contribution in [0.5, 0.6) is 0 Å². The second kappa shape index (κ2) is 2.98. The van der Waals surface area contributed by atoms with Crippen molar-refractivity contribution in [2.24, 2.45) is 11.3 Å². The highest BCUT2D eigenvalue weighted by atomic mass is 16.4. The lowest BCUT2D eigenvalue weighted by Gasteiger charge is -2.26. The van der Waals surface area contributed by atoms with Crippen LogP contribution in [0.15, 0.2) is 0 Å². The van der Waals surface area contributed by atoms with Gasteiger partial charge in [-0.15, -0.1) is 0 Å². The maximum atomic E-state index is 10.8. The molecule has 1 heterocycles. The SMILES string of the molecule is CN1CCC(CC(=O)O)(C2CC2)C1. The van der Waals surface area contributed by atoms with E-state index in [1.807, 2.05) is 0 Å². The van der Waals surface area contributed by atoms with Crippen LogP contribution in [0, 0.1) is 11.3 Å². The summed E-state index contributed by atoms with van der Waals surface area (Å²) in [7, 11) is 2.09. The molecule has 74 valence electrons. The number of nitrogens with zero attached hydrogens (tertiary/aromatic N) is 1. The monoisotopic (exact) mass is 183 g/mol. The van der Waals surface area contributed by atoms with Crippen molar-refractivity contribution in [3.63, 3.8) is 0 Å². The van der Waals surface area contributed by atoms with Crippen molar-refractivity contribution in [3.8, 4) is 0 Å². The third-order valence-electron chi connectivity index (χ3n) is 3.52. The Kier molecular flexibility index (Phi) is 2.06. The van der Waals surface area contributed by atoms with Gasteiger partial charge in [-0.25, -0.2) is 0 Å². The molecule has 1 atom stereocenters. The van der Waals surface area contributed by atoms with Crippen LogP contribution >= 0.6 is 0 Å². The summed E-state index contributed by atoms with van der Waals surface area (Å²) in [6.07, 6.45) is 3.96. The molecule has 2 rings (SSSR count). The minimum Gasteiger partial charge on any atom is -0.481 e. The Morgan fingerprint density at radius 3 is 2.69 bits per heavy atom. The number of aliphatic carboxylic acids is 1. The molecule has 3 nitrogen and oxygen atoms in total. The first kappa shape index (κ1) is 9.00. The van der Waals surface area contributed by atoms with E-state index in [-0.39, 0.29) is 5.41 Å². The van der Waals surface area contributed by atoms with E-state index in [0.29, 0.717) is 12.3 Å². The van der Waals surface area contributed by atoms with Crippen molar-refractivity contribution in [1.29, 1.82) is 0 Å². The number of carboxylic acids is 1. The lowest BCUT2D eigenvalue weighted by molar-refractivity contribution is -0.140. The van der Waals surface area contributed by atoms with Gasteiger partial charge in [0.15, 0.2) is 0 Å². The van der Waals surface area contributed by atoms with Crippen molar-refractivity contribution in [3.05, 3.63) is 0 Å². The summed E-state index contributed by atoms with van der Waals surface area (Å²) in [5, 5.41) is 8.88. The zero-order chi connectivity index (χ0) is 9.47. The lowest BCUT2D eigenvalue weighted by atomic mass is 9.78. The third-order valence-corrected chi connectivity index (χ3v) is 3.52. The molecule has 0 spiro atoms. The predicted molar refractivity (Wildman–Crippen MR) is 49.5 cm³/mol. The normalized spacial score (nSPS) is 35.2. The molecule has 1 unspecified atom stereocenters. The summed E-state index contributed by atoms with van der Waals surface area (Å²) in [6, 6.07) is 0. The largest absolute Gasteiger partial charge is 0.481 e. The van der Waals surface area contributed by atoms with Gasteiger partial charge in [0.2, 0.25) is 0 Å². The zero-order valence-electron chi connectivity index (χ0n) is 8.12. The van der Waals surface area contributed by atoms with Crippen LogP contribution in [0.4, 0.5) is 0 Å². The van der Waals surface area contributed by atoms with Crippen molar-refractivity contribution >= 4 is 5.97 Å². The van der Waals surface area contributed by atoms with Gasteiger partial charge in [-0.05, 0) is 44.2 Å². The molecule has 1 N–H and O–H groups in total. The Bertz CT molecular complexity index is 225. The molecule has 0 amide bonds. The first-order chi connectivity index (χ1) is 6.12. The first-order valence-corrected chi connectivity index (χ1v) is 5.03. The quantitative estimate of drug-likeness (QED) is 0.714. The van der Waals surface area contributed by atoms with Crippen molar-refractivity contribution < 1.29 is 9.90 Å². The molecule has 0 aromatic heterocycles. The second-order valence-corrected chi connectivity index (χ2v) is 4.69. The fraction of sp³-hybridized carbons (Fsp3) is 0.900. The molecule has 2 aliphatic rings. The standard InChI is InChI=1S/C10H17NO2/c1-11-5-4-10(7-11,6-9(12)13)8-2-3-8/h8H,2-7H2,1H3,(H,12,13). The van der Waals surface area contributed by atoms with Gasteiger partial charge in [0.05, 0.1) is 6.42 Å². The lowest BCUT2D eigenvalue weighted by Crippen LogP contribution is -2.30. The van der Waals surface area contributed by atoms with E-state index in [4.69, 9.17) is 5.11 Å². The van der Waals surface area contributed by atoms with Crippen molar-refractivity contribution in [2.75, 3.05) is 20.1 Å². The van der Waals surface area contributed by atoms with Gasteiger partial charge in [-0.1, -0.05) is 0 Å². The summed E-state index contributed by atoms with van der Waals surface area (Å²) in [4.78, 5) is 13.0. The van der Waals surface area contributed by atoms with Crippen LogP contribution in [0.1, 0.15) is 25.7 Å². The molecule has 0 bridgehead atoms. The van der Waals surface area contributed by atoms with E-state index < -0.39 is 5.97 Å². The predicted octanol–water partition coefficient (Wildman–Crippen LogP) is 1.19. The van der Waals surface area contributed by atoms with Crippen LogP contribution in [0.3, 0.4) is 0 Å². The molecular formula is C10H17NO2. The van der Waals surface area contributed by atoms with E-state index in [9.17, 15) is 4.79 Å². The molecule has 0 radical (unpaired) electrons. The highest BCUT2D eigenvalue weighted by molar-refractivity contribution is 5.68. The van der Waals surface area contributed by atoms with Gasteiger partial charge in [-0.2, -0.15) is 0 Å². The first-order valence-electron chi connectivity index (χ1n) is 5.03. The van der Waals surface area contributed by atoms with Gasteiger partial charge in [0.1, 0.15) is 0 Å². The number of carboxylic acid groups (broad SMARTS) is 1. The van der Waals surface area contributed by atoms with Crippen molar-refractivity contribution in [1.82, 2.24) is 4.90 Å². The molecule has 2 fully saturated rings. The van der Waals surface area contributed by atoms with E-state index in [2.05, 4.69) is 11.9 Å². The summed E-state index contributed by atoms with van der Waals surface area (Å²) >= 11 is 0. The van der Waals surface area contributed by atoms with Crippen LogP contribution < -0.4 is 0 Å². The molecule has 0 aromatic carbocycles. The zero-order valence-corrected chi connectivity index (χ0v) is 8.12. The van der Waals surface area contributed by atoms with Gasteiger partial charge in [-0.3, -0.25) is 4.79 Å². The maximum absolute atomic E-state index is 10.8. The van der Waals surface area contributed by atoms with Gasteiger partial charge < -0.3 is 10.0 Å². The minimum atomic E-state index is -0.623. The minimum absolute atomic E-state index is 0.126. The highest BCUT2D eigenvalue weighted by Gasteiger charge is 2.49. The number of hydrogen-bond donors (Lipinski definition) is 1. The van der Waals surface area contributed by atoms with E-state index in [1.165, 1.54) is 12.8 Å². The Morgan fingerprint density at radius 2 is 2.31 bits per heavy atom. The van der Waals surface area contributed by atoms with E-state index in [1.54, 1.807) is 0 Å². The summed E-state index contributed by atoms with van der Waals surface area (Å²) < 4.78 is 0. The second-order valence-electron chi connectivity index (χ2n) is 4.69. The number of likely N-dealkylation sites (tertiary alicyclic amines) is 1. The molecule has 0 aromatic rings. The average molecular weight is 183 g/mol. The number of hydrogen-bond acceptors (Lipinski definition) is 2. The van der Waals surface area contributed by atoms with Crippen molar-refractivity contribution in [2.45, 2.75) is 25.7 Å². The molecule has 1 aliphatic heterocycles. The number of carbonyl (C=O) groups is 1. The summed E-state index contributed by atoms with van der Waals surface area (Å²) in [5.41, 5.74) is 0.126. The van der Waals surface area contributed by atoms with Crippen LogP contribution in [0.25, 0.3) is 0 Å².